The maximum Gasteiger partial charge on any atom is 0.315 e. The van der Waals surface area contributed by atoms with Gasteiger partial charge in [0, 0.05) is 18.3 Å². The fraction of sp³-hybridized carbons (Fsp3) is 0.500. The summed E-state index contributed by atoms with van der Waals surface area (Å²) in [6, 6.07) is 4.84. The van der Waals surface area contributed by atoms with Crippen LogP contribution in [-0.4, -0.2) is 38.2 Å². The maximum atomic E-state index is 11.8. The van der Waals surface area contributed by atoms with E-state index in [0.717, 1.165) is 6.42 Å². The molecular formula is C16H23N3O4. The van der Waals surface area contributed by atoms with Gasteiger partial charge in [-0.15, -0.1) is 0 Å². The Kier molecular flexibility index (Phi) is 6.08. The number of hydrogen-bond acceptors (Lipinski definition) is 4. The summed E-state index contributed by atoms with van der Waals surface area (Å²) in [5.74, 6) is 1.49. The van der Waals surface area contributed by atoms with Gasteiger partial charge in [0.05, 0.1) is 6.54 Å². The third-order valence-electron chi connectivity index (χ3n) is 3.24. The molecule has 0 radical (unpaired) electrons. The van der Waals surface area contributed by atoms with Crippen molar-refractivity contribution < 1.29 is 19.1 Å². The van der Waals surface area contributed by atoms with E-state index >= 15 is 0 Å². The highest BCUT2D eigenvalue weighted by Crippen LogP contribution is 2.32. The van der Waals surface area contributed by atoms with E-state index in [1.54, 1.807) is 18.2 Å². The van der Waals surface area contributed by atoms with Crippen LogP contribution in [0.5, 0.6) is 11.5 Å². The summed E-state index contributed by atoms with van der Waals surface area (Å²) in [7, 11) is 0. The molecule has 7 heteroatoms. The molecule has 3 amide bonds. The van der Waals surface area contributed by atoms with Gasteiger partial charge in [-0.3, -0.25) is 4.79 Å². The second kappa shape index (κ2) is 8.26. The van der Waals surface area contributed by atoms with Gasteiger partial charge in [-0.25, -0.2) is 4.79 Å². The summed E-state index contributed by atoms with van der Waals surface area (Å²) in [5, 5.41) is 7.93. The van der Waals surface area contributed by atoms with Crippen LogP contribution in [0.3, 0.4) is 0 Å². The summed E-state index contributed by atoms with van der Waals surface area (Å²) in [4.78, 5) is 23.4. The number of amides is 3. The highest BCUT2D eigenvalue weighted by molar-refractivity contribution is 5.94. The molecule has 0 bridgehead atoms. The number of ether oxygens (including phenoxy) is 2. The number of carbonyl (C=O) groups is 2. The van der Waals surface area contributed by atoms with Gasteiger partial charge in [0.15, 0.2) is 11.5 Å². The van der Waals surface area contributed by atoms with E-state index in [1.807, 2.05) is 0 Å². The molecule has 1 heterocycles. The average Bonchev–Trinajstić information content (AvgIpc) is 2.52. The number of carbonyl (C=O) groups excluding carboxylic acids is 2. The van der Waals surface area contributed by atoms with Crippen LogP contribution in [-0.2, 0) is 4.79 Å². The zero-order valence-electron chi connectivity index (χ0n) is 13.5. The third kappa shape index (κ3) is 5.69. The first-order valence-corrected chi connectivity index (χ1v) is 7.76. The molecule has 0 atom stereocenters. The molecule has 1 aliphatic rings. The quantitative estimate of drug-likeness (QED) is 0.744. The van der Waals surface area contributed by atoms with Crippen molar-refractivity contribution in [2.24, 2.45) is 5.92 Å². The highest BCUT2D eigenvalue weighted by atomic mass is 16.6. The number of hydrogen-bond donors (Lipinski definition) is 3. The van der Waals surface area contributed by atoms with Crippen molar-refractivity contribution in [2.75, 3.05) is 31.6 Å². The number of rotatable bonds is 6. The summed E-state index contributed by atoms with van der Waals surface area (Å²) in [6.45, 7) is 5.67. The summed E-state index contributed by atoms with van der Waals surface area (Å²) >= 11 is 0. The molecule has 3 N–H and O–H groups in total. The molecule has 0 spiro atoms. The number of nitrogens with one attached hydrogen (secondary N) is 3. The van der Waals surface area contributed by atoms with E-state index in [2.05, 4.69) is 29.8 Å². The van der Waals surface area contributed by atoms with Crippen LogP contribution in [0.1, 0.15) is 20.3 Å². The standard InChI is InChI=1S/C16H23N3O4/c1-11(2)5-6-17-16(21)18-10-15(20)19-12-3-4-13-14(9-12)23-8-7-22-13/h3-4,9,11H,5-8,10H2,1-2H3,(H,19,20)(H2,17,18,21). The lowest BCUT2D eigenvalue weighted by Gasteiger charge is -2.19. The predicted octanol–water partition coefficient (Wildman–Crippen LogP) is 1.74. The lowest BCUT2D eigenvalue weighted by Crippen LogP contribution is -2.40. The average molecular weight is 321 g/mol. The molecule has 1 aromatic rings. The van der Waals surface area contributed by atoms with Crippen LogP contribution in [0, 0.1) is 5.92 Å². The van der Waals surface area contributed by atoms with Gasteiger partial charge in [0.1, 0.15) is 13.2 Å². The van der Waals surface area contributed by atoms with Crippen LogP contribution in [0.25, 0.3) is 0 Å². The Bertz CT molecular complexity index is 560. The first-order chi connectivity index (χ1) is 11.0. The number of urea groups is 1. The van der Waals surface area contributed by atoms with Crippen molar-refractivity contribution in [1.82, 2.24) is 10.6 Å². The first kappa shape index (κ1) is 16.9. The summed E-state index contributed by atoms with van der Waals surface area (Å²) in [6.07, 6.45) is 0.900. The molecule has 1 aliphatic heterocycles. The van der Waals surface area contributed by atoms with E-state index in [9.17, 15) is 9.59 Å². The van der Waals surface area contributed by atoms with Crippen LogP contribution in [0.15, 0.2) is 18.2 Å². The molecule has 1 aromatic carbocycles. The monoisotopic (exact) mass is 321 g/mol. The molecule has 7 nitrogen and oxygen atoms in total. The van der Waals surface area contributed by atoms with Gasteiger partial charge < -0.3 is 25.4 Å². The van der Waals surface area contributed by atoms with Crippen LogP contribution >= 0.6 is 0 Å². The SMILES string of the molecule is CC(C)CCNC(=O)NCC(=O)Nc1ccc2c(c1)OCCO2. The van der Waals surface area contributed by atoms with Gasteiger partial charge in [0.2, 0.25) is 5.91 Å². The van der Waals surface area contributed by atoms with E-state index in [-0.39, 0.29) is 18.5 Å². The van der Waals surface area contributed by atoms with Gasteiger partial charge in [-0.2, -0.15) is 0 Å². The van der Waals surface area contributed by atoms with Crippen molar-refractivity contribution >= 4 is 17.6 Å². The summed E-state index contributed by atoms with van der Waals surface area (Å²) < 4.78 is 10.9. The second-order valence-electron chi connectivity index (χ2n) is 5.70. The van der Waals surface area contributed by atoms with Crippen molar-refractivity contribution in [3.63, 3.8) is 0 Å². The Labute approximate surface area is 135 Å². The van der Waals surface area contributed by atoms with Gasteiger partial charge >= 0.3 is 6.03 Å². The smallest absolute Gasteiger partial charge is 0.315 e. The largest absolute Gasteiger partial charge is 0.486 e. The number of anilines is 1. The highest BCUT2D eigenvalue weighted by Gasteiger charge is 2.13. The number of benzene rings is 1. The molecule has 0 aliphatic carbocycles. The van der Waals surface area contributed by atoms with Gasteiger partial charge in [-0.05, 0) is 24.5 Å². The molecule has 0 saturated heterocycles. The zero-order valence-corrected chi connectivity index (χ0v) is 13.5. The maximum absolute atomic E-state index is 11.8. The van der Waals surface area contributed by atoms with Gasteiger partial charge in [-0.1, -0.05) is 13.8 Å². The van der Waals surface area contributed by atoms with E-state index in [0.29, 0.717) is 42.9 Å². The molecule has 23 heavy (non-hydrogen) atoms. The fourth-order valence-corrected chi connectivity index (χ4v) is 2.02. The van der Waals surface area contributed by atoms with Crippen molar-refractivity contribution in [3.05, 3.63) is 18.2 Å². The van der Waals surface area contributed by atoms with Crippen molar-refractivity contribution in [1.29, 1.82) is 0 Å². The van der Waals surface area contributed by atoms with Crippen LogP contribution in [0.4, 0.5) is 10.5 Å². The molecule has 0 unspecified atom stereocenters. The normalized spacial score (nSPS) is 12.7. The second-order valence-corrected chi connectivity index (χ2v) is 5.70. The molecule has 2 rings (SSSR count). The lowest BCUT2D eigenvalue weighted by atomic mass is 10.1. The Morgan fingerprint density at radius 3 is 2.61 bits per heavy atom. The Hall–Kier alpha value is -2.44. The zero-order chi connectivity index (χ0) is 16.7. The van der Waals surface area contributed by atoms with Crippen molar-refractivity contribution in [2.45, 2.75) is 20.3 Å². The molecule has 0 aromatic heterocycles. The number of fused-ring (bicyclic) bond motifs is 1. The third-order valence-corrected chi connectivity index (χ3v) is 3.24. The Balaban J connectivity index is 1.73. The molecule has 0 fully saturated rings. The predicted molar refractivity (Wildman–Crippen MR) is 86.9 cm³/mol. The first-order valence-electron chi connectivity index (χ1n) is 7.76. The van der Waals surface area contributed by atoms with Crippen LogP contribution in [0.2, 0.25) is 0 Å². The lowest BCUT2D eigenvalue weighted by molar-refractivity contribution is -0.115. The Morgan fingerprint density at radius 1 is 1.13 bits per heavy atom. The van der Waals surface area contributed by atoms with E-state index in [4.69, 9.17) is 9.47 Å². The minimum Gasteiger partial charge on any atom is -0.486 e. The van der Waals surface area contributed by atoms with E-state index < -0.39 is 0 Å². The molecular weight excluding hydrogens is 298 g/mol. The van der Waals surface area contributed by atoms with Crippen LogP contribution < -0.4 is 25.4 Å². The topological polar surface area (TPSA) is 88.7 Å². The minimum absolute atomic E-state index is 0.0953. The summed E-state index contributed by atoms with van der Waals surface area (Å²) in [5.41, 5.74) is 0.598. The fourth-order valence-electron chi connectivity index (χ4n) is 2.02. The Morgan fingerprint density at radius 2 is 1.87 bits per heavy atom. The molecule has 126 valence electrons. The van der Waals surface area contributed by atoms with Crippen molar-refractivity contribution in [3.8, 4) is 11.5 Å². The van der Waals surface area contributed by atoms with Gasteiger partial charge in [0.25, 0.3) is 0 Å². The minimum atomic E-state index is -0.344. The molecule has 0 saturated carbocycles. The van der Waals surface area contributed by atoms with E-state index in [1.165, 1.54) is 0 Å².